The minimum atomic E-state index is 0.351. The van der Waals surface area contributed by atoms with Crippen LogP contribution >= 0.6 is 0 Å². The van der Waals surface area contributed by atoms with Crippen LogP contribution < -0.4 is 5.73 Å². The zero-order chi connectivity index (χ0) is 13.2. The molecule has 0 aromatic heterocycles. The average molecular weight is 250 g/mol. The van der Waals surface area contributed by atoms with Crippen molar-refractivity contribution in [1.29, 1.82) is 0 Å². The smallest absolute Gasteiger partial charge is 0.0519 e. The predicted molar refractivity (Wildman–Crippen MR) is 80.3 cm³/mol. The fraction of sp³-hybridized carbons (Fsp3) is 0.176. The fourth-order valence-corrected chi connectivity index (χ4v) is 2.62. The van der Waals surface area contributed by atoms with Crippen LogP contribution in [0.1, 0.15) is 29.7 Å². The number of anilines is 1. The summed E-state index contributed by atoms with van der Waals surface area (Å²) in [5, 5.41) is 0. The minimum Gasteiger partial charge on any atom is -0.398 e. The van der Waals surface area contributed by atoms with Crippen LogP contribution in [0.25, 0.3) is 6.08 Å². The van der Waals surface area contributed by atoms with Crippen LogP contribution in [0.3, 0.4) is 0 Å². The Morgan fingerprint density at radius 1 is 1.05 bits per heavy atom. The first-order valence-corrected chi connectivity index (χ1v) is 6.62. The van der Waals surface area contributed by atoms with Gasteiger partial charge in [0.15, 0.2) is 0 Å². The van der Waals surface area contributed by atoms with E-state index < -0.39 is 0 Å². The van der Waals surface area contributed by atoms with E-state index in [1.54, 1.807) is 0 Å². The Bertz CT molecular complexity index is 602. The van der Waals surface area contributed by atoms with Gasteiger partial charge in [0.2, 0.25) is 0 Å². The van der Waals surface area contributed by atoms with Crippen molar-refractivity contribution in [3.8, 4) is 0 Å². The van der Waals surface area contributed by atoms with Gasteiger partial charge in [-0.05, 0) is 30.2 Å². The lowest BCUT2D eigenvalue weighted by molar-refractivity contribution is 0.288. The molecule has 3 rings (SSSR count). The molecule has 0 radical (unpaired) electrons. The van der Waals surface area contributed by atoms with Crippen LogP contribution in [0, 0.1) is 0 Å². The zero-order valence-corrected chi connectivity index (χ0v) is 11.1. The van der Waals surface area contributed by atoms with E-state index in [0.717, 1.165) is 12.2 Å². The molecule has 1 unspecified atom stereocenters. The van der Waals surface area contributed by atoms with Crippen molar-refractivity contribution in [2.24, 2.45) is 0 Å². The SMILES string of the molecule is CC1c2cccc(N)c2C=CN1Cc1ccccc1. The molecule has 1 aliphatic rings. The molecule has 19 heavy (non-hydrogen) atoms. The van der Waals surface area contributed by atoms with Crippen molar-refractivity contribution in [2.45, 2.75) is 19.5 Å². The molecule has 2 nitrogen and oxygen atoms in total. The van der Waals surface area contributed by atoms with Crippen LogP contribution in [-0.2, 0) is 6.54 Å². The molecule has 2 N–H and O–H groups in total. The second-order valence-corrected chi connectivity index (χ2v) is 5.00. The van der Waals surface area contributed by atoms with Gasteiger partial charge in [-0.25, -0.2) is 0 Å². The Morgan fingerprint density at radius 3 is 2.63 bits per heavy atom. The Balaban J connectivity index is 1.88. The van der Waals surface area contributed by atoms with Gasteiger partial charge in [-0.2, -0.15) is 0 Å². The molecule has 2 heteroatoms. The van der Waals surface area contributed by atoms with E-state index in [1.165, 1.54) is 16.7 Å². The van der Waals surface area contributed by atoms with Gasteiger partial charge < -0.3 is 10.6 Å². The van der Waals surface area contributed by atoms with Crippen LogP contribution in [0.2, 0.25) is 0 Å². The first kappa shape index (κ1) is 11.8. The highest BCUT2D eigenvalue weighted by Gasteiger charge is 2.20. The topological polar surface area (TPSA) is 29.3 Å². The molecule has 1 atom stereocenters. The van der Waals surface area contributed by atoms with Crippen LogP contribution in [0.5, 0.6) is 0 Å². The molecule has 0 saturated heterocycles. The van der Waals surface area contributed by atoms with E-state index in [1.807, 2.05) is 12.1 Å². The summed E-state index contributed by atoms with van der Waals surface area (Å²) in [7, 11) is 0. The Kier molecular flexibility index (Phi) is 3.00. The van der Waals surface area contributed by atoms with Crippen molar-refractivity contribution in [3.05, 3.63) is 71.4 Å². The Morgan fingerprint density at radius 2 is 1.84 bits per heavy atom. The third kappa shape index (κ3) is 2.22. The van der Waals surface area contributed by atoms with Gasteiger partial charge in [0.05, 0.1) is 6.04 Å². The normalized spacial score (nSPS) is 17.3. The van der Waals surface area contributed by atoms with Crippen molar-refractivity contribution < 1.29 is 0 Å². The third-order valence-electron chi connectivity index (χ3n) is 3.76. The molecule has 1 heterocycles. The molecular weight excluding hydrogens is 232 g/mol. The zero-order valence-electron chi connectivity index (χ0n) is 11.1. The quantitative estimate of drug-likeness (QED) is 0.821. The third-order valence-corrected chi connectivity index (χ3v) is 3.76. The molecule has 2 aromatic rings. The van der Waals surface area contributed by atoms with Gasteiger partial charge >= 0.3 is 0 Å². The maximum absolute atomic E-state index is 6.03. The van der Waals surface area contributed by atoms with Crippen molar-refractivity contribution in [3.63, 3.8) is 0 Å². The number of nitrogen functional groups attached to an aromatic ring is 1. The molecule has 2 aromatic carbocycles. The van der Waals surface area contributed by atoms with Crippen LogP contribution in [0.15, 0.2) is 54.7 Å². The molecule has 0 saturated carbocycles. The van der Waals surface area contributed by atoms with E-state index in [4.69, 9.17) is 5.73 Å². The van der Waals surface area contributed by atoms with E-state index in [2.05, 4.69) is 60.5 Å². The van der Waals surface area contributed by atoms with Crippen molar-refractivity contribution in [1.82, 2.24) is 4.90 Å². The van der Waals surface area contributed by atoms with Gasteiger partial charge in [-0.15, -0.1) is 0 Å². The highest BCUT2D eigenvalue weighted by atomic mass is 15.1. The number of fused-ring (bicyclic) bond motifs is 1. The second kappa shape index (κ2) is 4.81. The lowest BCUT2D eigenvalue weighted by atomic mass is 9.95. The fourth-order valence-electron chi connectivity index (χ4n) is 2.62. The first-order chi connectivity index (χ1) is 9.25. The summed E-state index contributed by atoms with van der Waals surface area (Å²) in [4.78, 5) is 2.34. The number of hydrogen-bond acceptors (Lipinski definition) is 2. The van der Waals surface area contributed by atoms with Gasteiger partial charge in [0.25, 0.3) is 0 Å². The maximum Gasteiger partial charge on any atom is 0.0519 e. The molecule has 96 valence electrons. The average Bonchev–Trinajstić information content (AvgIpc) is 2.44. The van der Waals surface area contributed by atoms with E-state index in [0.29, 0.717) is 6.04 Å². The number of hydrogen-bond donors (Lipinski definition) is 1. The van der Waals surface area contributed by atoms with Crippen LogP contribution in [-0.4, -0.2) is 4.90 Å². The largest absolute Gasteiger partial charge is 0.398 e. The summed E-state index contributed by atoms with van der Waals surface area (Å²) in [6.45, 7) is 3.15. The van der Waals surface area contributed by atoms with Gasteiger partial charge in [-0.3, -0.25) is 0 Å². The molecule has 1 aliphatic heterocycles. The first-order valence-electron chi connectivity index (χ1n) is 6.62. The monoisotopic (exact) mass is 250 g/mol. The Hall–Kier alpha value is -2.22. The lowest BCUT2D eigenvalue weighted by Crippen LogP contribution is -2.24. The Labute approximate surface area is 114 Å². The number of nitrogens with zero attached hydrogens (tertiary/aromatic N) is 1. The predicted octanol–water partition coefficient (Wildman–Crippen LogP) is 3.82. The van der Waals surface area contributed by atoms with Crippen molar-refractivity contribution in [2.75, 3.05) is 5.73 Å². The second-order valence-electron chi connectivity index (χ2n) is 5.00. The number of nitrogens with two attached hydrogens (primary N) is 1. The molecule has 0 spiro atoms. The van der Waals surface area contributed by atoms with Crippen LogP contribution in [0.4, 0.5) is 5.69 Å². The molecule has 0 fully saturated rings. The maximum atomic E-state index is 6.03. The lowest BCUT2D eigenvalue weighted by Gasteiger charge is -2.33. The number of rotatable bonds is 2. The van der Waals surface area contributed by atoms with Crippen molar-refractivity contribution >= 4 is 11.8 Å². The molecule has 0 bridgehead atoms. The molecular formula is C17H18N2. The number of benzene rings is 2. The van der Waals surface area contributed by atoms with Gasteiger partial charge in [0.1, 0.15) is 0 Å². The van der Waals surface area contributed by atoms with E-state index in [-0.39, 0.29) is 0 Å². The standard InChI is InChI=1S/C17H18N2/c1-13-15-8-5-9-17(18)16(15)10-11-19(13)12-14-6-3-2-4-7-14/h2-11,13H,12,18H2,1H3. The summed E-state index contributed by atoms with van der Waals surface area (Å²) in [6.07, 6.45) is 4.27. The molecule has 0 aliphatic carbocycles. The summed E-state index contributed by atoms with van der Waals surface area (Å²) in [6, 6.07) is 17.0. The van der Waals surface area contributed by atoms with E-state index >= 15 is 0 Å². The minimum absolute atomic E-state index is 0.351. The highest BCUT2D eigenvalue weighted by Crippen LogP contribution is 2.33. The summed E-state index contributed by atoms with van der Waals surface area (Å²) in [5.41, 5.74) is 10.7. The van der Waals surface area contributed by atoms with Gasteiger partial charge in [0, 0.05) is 24.0 Å². The van der Waals surface area contributed by atoms with Gasteiger partial charge in [-0.1, -0.05) is 42.5 Å². The highest BCUT2D eigenvalue weighted by molar-refractivity contribution is 5.69. The summed E-state index contributed by atoms with van der Waals surface area (Å²) in [5.74, 6) is 0. The molecule has 0 amide bonds. The summed E-state index contributed by atoms with van der Waals surface area (Å²) >= 11 is 0. The summed E-state index contributed by atoms with van der Waals surface area (Å²) < 4.78 is 0. The van der Waals surface area contributed by atoms with E-state index in [9.17, 15) is 0 Å².